The Bertz CT molecular complexity index is 1300. The van der Waals surface area contributed by atoms with Gasteiger partial charge in [0.05, 0.1) is 17.4 Å². The summed E-state index contributed by atoms with van der Waals surface area (Å²) in [6, 6.07) is 25.6. The van der Waals surface area contributed by atoms with E-state index in [2.05, 4.69) is 24.1 Å². The number of aliphatic hydroxyl groups excluding tert-OH is 2. The van der Waals surface area contributed by atoms with Crippen LogP contribution in [0, 0.1) is 5.82 Å². The highest BCUT2D eigenvalue weighted by molar-refractivity contribution is 6.12. The highest BCUT2D eigenvalue weighted by atomic mass is 19.1. The molecule has 240 valence electrons. The molecular formula is C36H49FN2O5. The third kappa shape index (κ3) is 14.3. The Hall–Kier alpha value is -4.27. The number of rotatable bonds is 6. The summed E-state index contributed by atoms with van der Waals surface area (Å²) in [7, 11) is 0. The molecule has 0 aliphatic rings. The number of H-pyrrole nitrogens is 1. The molecule has 1 atom stereocenters. The van der Waals surface area contributed by atoms with Gasteiger partial charge in [-0.15, -0.1) is 0 Å². The lowest BCUT2D eigenvalue weighted by molar-refractivity contribution is -0.122. The van der Waals surface area contributed by atoms with Crippen LogP contribution in [0.15, 0.2) is 84.9 Å². The van der Waals surface area contributed by atoms with Crippen molar-refractivity contribution in [2.75, 3.05) is 11.9 Å². The van der Waals surface area contributed by atoms with E-state index >= 15 is 0 Å². The molecule has 7 nitrogen and oxygen atoms in total. The van der Waals surface area contributed by atoms with E-state index in [1.54, 1.807) is 26.0 Å². The summed E-state index contributed by atoms with van der Waals surface area (Å²) < 4.78 is 13.5. The van der Waals surface area contributed by atoms with E-state index in [9.17, 15) is 9.18 Å². The number of anilines is 1. The number of benzene rings is 3. The molecule has 5 N–H and O–H groups in total. The first-order valence-corrected chi connectivity index (χ1v) is 14.9. The van der Waals surface area contributed by atoms with Gasteiger partial charge in [0.2, 0.25) is 0 Å². The second-order valence-electron chi connectivity index (χ2n) is 9.90. The van der Waals surface area contributed by atoms with Crippen molar-refractivity contribution >= 4 is 18.1 Å². The van der Waals surface area contributed by atoms with E-state index in [4.69, 9.17) is 20.1 Å². The van der Waals surface area contributed by atoms with Crippen LogP contribution in [-0.2, 0) is 4.79 Å². The zero-order valence-electron chi connectivity index (χ0n) is 27.0. The van der Waals surface area contributed by atoms with Crippen molar-refractivity contribution < 1.29 is 29.3 Å². The molecule has 0 saturated carbocycles. The number of halogens is 1. The molecule has 8 heteroatoms. The number of hydrogen-bond donors (Lipinski definition) is 5. The molecule has 1 amide bonds. The number of amides is 1. The van der Waals surface area contributed by atoms with Crippen LogP contribution in [0.4, 0.5) is 10.1 Å². The first-order valence-electron chi connectivity index (χ1n) is 14.9. The Kier molecular flexibility index (Phi) is 21.0. The van der Waals surface area contributed by atoms with Gasteiger partial charge in [-0.25, -0.2) is 4.39 Å². The number of aromatic amines is 1. The lowest BCUT2D eigenvalue weighted by atomic mass is 9.94. The van der Waals surface area contributed by atoms with Gasteiger partial charge in [0, 0.05) is 23.6 Å². The summed E-state index contributed by atoms with van der Waals surface area (Å²) in [6.45, 7) is 13.8. The van der Waals surface area contributed by atoms with E-state index in [1.165, 1.54) is 18.6 Å². The van der Waals surface area contributed by atoms with E-state index in [1.807, 2.05) is 81.4 Å². The summed E-state index contributed by atoms with van der Waals surface area (Å²) in [4.78, 5) is 25.3. The first kappa shape index (κ1) is 39.7. The Labute approximate surface area is 261 Å². The van der Waals surface area contributed by atoms with Crippen molar-refractivity contribution in [3.05, 3.63) is 102 Å². The number of hydrogen-bond acceptors (Lipinski definition) is 4. The molecule has 1 unspecified atom stereocenters. The number of carbonyl (C=O) groups excluding carboxylic acids is 1. The predicted molar refractivity (Wildman–Crippen MR) is 179 cm³/mol. The van der Waals surface area contributed by atoms with Gasteiger partial charge in [0.25, 0.3) is 12.4 Å². The molecule has 44 heavy (non-hydrogen) atoms. The summed E-state index contributed by atoms with van der Waals surface area (Å²) in [6.07, 6.45) is 2.00. The largest absolute Gasteiger partial charge is 0.483 e. The van der Waals surface area contributed by atoms with Gasteiger partial charge in [-0.3, -0.25) is 9.59 Å². The number of carbonyl (C=O) groups is 2. The summed E-state index contributed by atoms with van der Waals surface area (Å²) in [5.41, 5.74) is 5.58. The molecule has 0 aliphatic carbocycles. The fraction of sp³-hybridized carbons (Fsp3) is 0.333. The van der Waals surface area contributed by atoms with E-state index in [0.717, 1.165) is 40.2 Å². The first-order chi connectivity index (χ1) is 21.1. The smallest absolute Gasteiger partial charge is 0.290 e. The number of carboxylic acid groups (broad SMARTS) is 1. The van der Waals surface area contributed by atoms with Gasteiger partial charge in [0.1, 0.15) is 5.82 Å². The van der Waals surface area contributed by atoms with Crippen molar-refractivity contribution in [3.63, 3.8) is 0 Å². The van der Waals surface area contributed by atoms with Crippen molar-refractivity contribution in [1.82, 2.24) is 4.98 Å². The fourth-order valence-corrected chi connectivity index (χ4v) is 3.63. The molecule has 0 radical (unpaired) electrons. The normalized spacial score (nSPS) is 10.2. The van der Waals surface area contributed by atoms with E-state index in [0.29, 0.717) is 5.56 Å². The molecular weight excluding hydrogens is 559 g/mol. The van der Waals surface area contributed by atoms with Gasteiger partial charge in [-0.1, -0.05) is 89.6 Å². The van der Waals surface area contributed by atoms with Crippen LogP contribution < -0.4 is 5.32 Å². The maximum atomic E-state index is 13.5. The van der Waals surface area contributed by atoms with Crippen molar-refractivity contribution in [3.8, 4) is 22.4 Å². The minimum Gasteiger partial charge on any atom is -0.483 e. The molecule has 4 rings (SSSR count). The molecule has 1 heterocycles. The number of aliphatic hydroxyl groups is 2. The fourth-order valence-electron chi connectivity index (χ4n) is 3.63. The molecule has 0 aliphatic heterocycles. The van der Waals surface area contributed by atoms with E-state index < -0.39 is 0 Å². The lowest BCUT2D eigenvalue weighted by Crippen LogP contribution is -2.14. The monoisotopic (exact) mass is 608 g/mol. The highest BCUT2D eigenvalue weighted by Crippen LogP contribution is 2.39. The second kappa shape index (κ2) is 23.2. The van der Waals surface area contributed by atoms with Crippen LogP contribution in [0.25, 0.3) is 22.4 Å². The number of para-hydroxylation sites is 1. The second-order valence-corrected chi connectivity index (χ2v) is 9.90. The predicted octanol–water partition coefficient (Wildman–Crippen LogP) is 8.76. The molecule has 0 bridgehead atoms. The Balaban J connectivity index is 0.00000112. The Morgan fingerprint density at radius 3 is 1.70 bits per heavy atom. The van der Waals surface area contributed by atoms with Crippen LogP contribution in [0.2, 0.25) is 0 Å². The van der Waals surface area contributed by atoms with Crippen molar-refractivity contribution in [2.45, 2.75) is 73.3 Å². The minimum atomic E-state index is -0.294. The van der Waals surface area contributed by atoms with Gasteiger partial charge in [-0.2, -0.15) is 0 Å². The van der Waals surface area contributed by atoms with Gasteiger partial charge in [-0.05, 0) is 73.7 Å². The third-order valence-corrected chi connectivity index (χ3v) is 5.65. The number of nitrogens with one attached hydrogen (secondary N) is 2. The highest BCUT2D eigenvalue weighted by Gasteiger charge is 2.26. The maximum absolute atomic E-state index is 13.5. The average molecular weight is 609 g/mol. The quantitative estimate of drug-likeness (QED) is 0.140. The Morgan fingerprint density at radius 1 is 0.864 bits per heavy atom. The van der Waals surface area contributed by atoms with Crippen LogP contribution >= 0.6 is 0 Å². The molecule has 0 saturated heterocycles. The average Bonchev–Trinajstić information content (AvgIpc) is 3.41. The van der Waals surface area contributed by atoms with Crippen LogP contribution in [0.1, 0.15) is 83.3 Å². The maximum Gasteiger partial charge on any atom is 0.290 e. The topological polar surface area (TPSA) is 123 Å². The summed E-state index contributed by atoms with van der Waals surface area (Å²) >= 11 is 0. The van der Waals surface area contributed by atoms with Gasteiger partial charge in [0.15, 0.2) is 0 Å². The molecule has 0 fully saturated rings. The lowest BCUT2D eigenvalue weighted by Gasteiger charge is -2.11. The van der Waals surface area contributed by atoms with Gasteiger partial charge >= 0.3 is 0 Å². The van der Waals surface area contributed by atoms with Crippen molar-refractivity contribution in [2.24, 2.45) is 0 Å². The number of aromatic nitrogens is 1. The zero-order chi connectivity index (χ0) is 33.5. The molecule has 4 aromatic rings. The molecule has 3 aromatic carbocycles. The van der Waals surface area contributed by atoms with Crippen LogP contribution in [0.5, 0.6) is 0 Å². The Morgan fingerprint density at radius 2 is 1.30 bits per heavy atom. The third-order valence-electron chi connectivity index (χ3n) is 5.65. The molecule has 1 aromatic heterocycles. The summed E-state index contributed by atoms with van der Waals surface area (Å²) in [5, 5.41) is 25.8. The standard InChI is InChI=1S/C26H23FN2O.C4H10O.C3H8.C2H6O.CH2O2/c1-17(2)24-23(26(30)28-21-11-7-4-8-12-21)22(18-9-5-3-6-10-18)25(29-24)19-13-15-20(27)16-14-19;1-3-4(2)5;1-3-2;1-2-3;2-1-3/h3-17,29H,1-2H3,(H,28,30);4-5H,3H2,1-2H3;3H2,1-2H3;3H,2H2,1H3;1H,(H,2,3). The molecule has 0 spiro atoms. The van der Waals surface area contributed by atoms with Gasteiger partial charge < -0.3 is 25.6 Å². The zero-order valence-corrected chi connectivity index (χ0v) is 27.0. The van der Waals surface area contributed by atoms with Crippen molar-refractivity contribution in [1.29, 1.82) is 0 Å². The summed E-state index contributed by atoms with van der Waals surface area (Å²) in [5.74, 6) is -0.371. The van der Waals surface area contributed by atoms with Crippen LogP contribution in [-0.4, -0.2) is 45.4 Å². The van der Waals surface area contributed by atoms with E-state index in [-0.39, 0.29) is 36.8 Å². The minimum absolute atomic E-state index is 0.0955. The van der Waals surface area contributed by atoms with Crippen LogP contribution in [0.3, 0.4) is 0 Å². The SMILES string of the molecule is CC(C)c1[nH]c(-c2ccc(F)cc2)c(-c2ccccc2)c1C(=O)Nc1ccccc1.CCC.CCC(C)O.CCO.O=CO.